The van der Waals surface area contributed by atoms with Crippen molar-refractivity contribution in [2.24, 2.45) is 0 Å². The van der Waals surface area contributed by atoms with Crippen LogP contribution in [0.1, 0.15) is 120 Å². The van der Waals surface area contributed by atoms with E-state index in [0.29, 0.717) is 0 Å². The second-order valence-electron chi connectivity index (χ2n) is 13.2. The second kappa shape index (κ2) is 13.3. The zero-order valence-electron chi connectivity index (χ0n) is 25.8. The van der Waals surface area contributed by atoms with Crippen LogP contribution in [0.4, 0.5) is 0 Å². The minimum absolute atomic E-state index is 0. The van der Waals surface area contributed by atoms with Gasteiger partial charge in [0.2, 0.25) is 0 Å². The van der Waals surface area contributed by atoms with E-state index in [1.54, 1.807) is 0 Å². The van der Waals surface area contributed by atoms with Gasteiger partial charge in [-0.1, -0.05) is 81.9 Å². The molecule has 0 bridgehead atoms. The molecule has 3 aromatic rings. The van der Waals surface area contributed by atoms with Crippen LogP contribution in [0.5, 0.6) is 0 Å². The third kappa shape index (κ3) is 11.2. The van der Waals surface area contributed by atoms with Gasteiger partial charge in [0, 0.05) is 40.6 Å². The molecular weight excluding hydrogens is 450 g/mol. The molecule has 3 heterocycles. The lowest BCUT2D eigenvalue weighted by Crippen LogP contribution is -2.15. The molecule has 3 aromatic heterocycles. The smallest absolute Gasteiger partial charge is 0.0486 e. The fraction of sp³-hybridized carbons (Fsp3) is 0.559. The van der Waals surface area contributed by atoms with Crippen molar-refractivity contribution in [3.8, 4) is 0 Å². The van der Waals surface area contributed by atoms with Gasteiger partial charge in [0.05, 0.1) is 0 Å². The molecule has 0 aliphatic heterocycles. The highest BCUT2D eigenvalue weighted by Gasteiger charge is 2.18. The molecule has 206 valence electrons. The molecule has 3 heteroatoms. The maximum Gasteiger partial charge on any atom is 0.0486 e. The van der Waals surface area contributed by atoms with Crippen LogP contribution >= 0.6 is 0 Å². The molecule has 0 amide bonds. The number of hydrogen-bond donors (Lipinski definition) is 0. The molecule has 0 aliphatic rings. The van der Waals surface area contributed by atoms with Gasteiger partial charge in [0.15, 0.2) is 0 Å². The van der Waals surface area contributed by atoms with Crippen molar-refractivity contribution < 1.29 is 0 Å². The molecule has 37 heavy (non-hydrogen) atoms. The molecule has 0 spiro atoms. The first kappa shape index (κ1) is 34.5. The summed E-state index contributed by atoms with van der Waals surface area (Å²) in [4.78, 5) is 13.2. The molecule has 0 saturated heterocycles. The fourth-order valence-corrected chi connectivity index (χ4v) is 4.46. The normalized spacial score (nSPS) is 11.4. The van der Waals surface area contributed by atoms with Gasteiger partial charge in [-0.05, 0) is 92.3 Å². The Balaban J connectivity index is 0.000000518. The molecule has 0 unspecified atom stereocenters. The van der Waals surface area contributed by atoms with Gasteiger partial charge in [-0.15, -0.1) is 0 Å². The molecule has 0 N–H and O–H groups in total. The van der Waals surface area contributed by atoms with Crippen LogP contribution in [0.3, 0.4) is 0 Å². The summed E-state index contributed by atoms with van der Waals surface area (Å²) in [6.07, 6.45) is 3.93. The largest absolute Gasteiger partial charge is 0.261 e. The van der Waals surface area contributed by atoms with E-state index in [-0.39, 0.29) is 23.7 Å². The standard InChI is InChI=1S/3C11H17N.CH4/c1-8-6-9(2)12-7-10(8)11(3,4)5;1-8-6-9(2)10(12-7-8)11(3,4)5;1-8-6-7-10(9(2)12-8)11(3,4)5;/h3*6-7H,1-5H3;1H4. The summed E-state index contributed by atoms with van der Waals surface area (Å²) in [5.74, 6) is 0. The second-order valence-corrected chi connectivity index (χ2v) is 13.2. The topological polar surface area (TPSA) is 38.7 Å². The Morgan fingerprint density at radius 2 is 1.08 bits per heavy atom. The number of nitrogens with zero attached hydrogens (tertiary/aromatic N) is 3. The predicted molar refractivity (Wildman–Crippen MR) is 164 cm³/mol. The summed E-state index contributed by atoms with van der Waals surface area (Å²) in [6, 6.07) is 8.58. The van der Waals surface area contributed by atoms with Crippen LogP contribution in [0.2, 0.25) is 0 Å². The lowest BCUT2D eigenvalue weighted by atomic mass is 9.85. The summed E-state index contributed by atoms with van der Waals surface area (Å²) in [5.41, 5.74) is 11.7. The van der Waals surface area contributed by atoms with Crippen LogP contribution in [-0.4, -0.2) is 15.0 Å². The van der Waals surface area contributed by atoms with Crippen molar-refractivity contribution in [2.75, 3.05) is 0 Å². The van der Waals surface area contributed by atoms with Gasteiger partial charge in [0.25, 0.3) is 0 Å². The zero-order valence-corrected chi connectivity index (χ0v) is 25.8. The molecule has 0 aliphatic carbocycles. The summed E-state index contributed by atoms with van der Waals surface area (Å²) in [7, 11) is 0. The number of aryl methyl sites for hydroxylation is 6. The quantitative estimate of drug-likeness (QED) is 0.305. The first-order valence-electron chi connectivity index (χ1n) is 13.1. The van der Waals surface area contributed by atoms with Crippen molar-refractivity contribution in [2.45, 2.75) is 128 Å². The first-order chi connectivity index (χ1) is 16.2. The summed E-state index contributed by atoms with van der Waals surface area (Å²) in [5, 5.41) is 0. The van der Waals surface area contributed by atoms with E-state index >= 15 is 0 Å². The van der Waals surface area contributed by atoms with E-state index in [4.69, 9.17) is 0 Å². The highest BCUT2D eigenvalue weighted by Crippen LogP contribution is 2.26. The van der Waals surface area contributed by atoms with Gasteiger partial charge in [-0.3, -0.25) is 15.0 Å². The zero-order chi connectivity index (χ0) is 28.1. The van der Waals surface area contributed by atoms with Crippen molar-refractivity contribution in [3.63, 3.8) is 0 Å². The van der Waals surface area contributed by atoms with Gasteiger partial charge >= 0.3 is 0 Å². The Kier molecular flexibility index (Phi) is 12.4. The monoisotopic (exact) mass is 505 g/mol. The Bertz CT molecular complexity index is 991. The lowest BCUT2D eigenvalue weighted by Gasteiger charge is -2.21. The molecule has 0 aromatic carbocycles. The third-order valence-corrected chi connectivity index (χ3v) is 6.01. The van der Waals surface area contributed by atoms with Crippen molar-refractivity contribution in [1.29, 1.82) is 0 Å². The Labute approximate surface area is 229 Å². The Morgan fingerprint density at radius 1 is 0.541 bits per heavy atom. The van der Waals surface area contributed by atoms with E-state index in [9.17, 15) is 0 Å². The first-order valence-corrected chi connectivity index (χ1v) is 13.1. The third-order valence-electron chi connectivity index (χ3n) is 6.01. The van der Waals surface area contributed by atoms with E-state index in [2.05, 4.69) is 129 Å². The summed E-state index contributed by atoms with van der Waals surface area (Å²) >= 11 is 0. The molecule has 3 nitrogen and oxygen atoms in total. The maximum atomic E-state index is 4.45. The van der Waals surface area contributed by atoms with Crippen LogP contribution in [-0.2, 0) is 16.2 Å². The van der Waals surface area contributed by atoms with E-state index in [1.807, 2.05) is 26.2 Å². The summed E-state index contributed by atoms with van der Waals surface area (Å²) < 4.78 is 0. The van der Waals surface area contributed by atoms with Gasteiger partial charge in [-0.25, -0.2) is 0 Å². The molecule has 0 saturated carbocycles. The minimum atomic E-state index is 0. The highest BCUT2D eigenvalue weighted by molar-refractivity contribution is 5.31. The number of aromatic nitrogens is 3. The van der Waals surface area contributed by atoms with Crippen molar-refractivity contribution in [3.05, 3.63) is 87.3 Å². The van der Waals surface area contributed by atoms with Crippen LogP contribution in [0.25, 0.3) is 0 Å². The van der Waals surface area contributed by atoms with Crippen molar-refractivity contribution in [1.82, 2.24) is 15.0 Å². The number of pyridine rings is 3. The van der Waals surface area contributed by atoms with E-state index in [1.165, 1.54) is 33.5 Å². The van der Waals surface area contributed by atoms with Crippen LogP contribution in [0.15, 0.2) is 36.7 Å². The molecule has 0 radical (unpaired) electrons. The van der Waals surface area contributed by atoms with E-state index < -0.39 is 0 Å². The fourth-order valence-electron chi connectivity index (χ4n) is 4.46. The Hall–Kier alpha value is -2.55. The SMILES string of the molecule is C.Cc1cc(C)c(C(C)(C)C)cn1.Cc1ccc(C(C)(C)C)c(C)n1.Cc1cnc(C(C)(C)C)c(C)c1. The average molecular weight is 506 g/mol. The average Bonchev–Trinajstić information content (AvgIpc) is 2.65. The van der Waals surface area contributed by atoms with E-state index in [0.717, 1.165) is 17.1 Å². The lowest BCUT2D eigenvalue weighted by molar-refractivity contribution is 0.564. The van der Waals surface area contributed by atoms with Crippen LogP contribution < -0.4 is 0 Å². The Morgan fingerprint density at radius 3 is 1.49 bits per heavy atom. The predicted octanol–water partition coefficient (Wildman–Crippen LogP) is 9.62. The van der Waals surface area contributed by atoms with Gasteiger partial charge in [-0.2, -0.15) is 0 Å². The van der Waals surface area contributed by atoms with Crippen LogP contribution in [0, 0.1) is 41.5 Å². The maximum absolute atomic E-state index is 4.45. The van der Waals surface area contributed by atoms with Gasteiger partial charge < -0.3 is 0 Å². The molecular formula is C34H55N3. The molecule has 0 atom stereocenters. The molecule has 3 rings (SSSR count). The van der Waals surface area contributed by atoms with Crippen molar-refractivity contribution >= 4 is 0 Å². The number of hydrogen-bond acceptors (Lipinski definition) is 3. The number of rotatable bonds is 0. The summed E-state index contributed by atoms with van der Waals surface area (Å²) in [6.45, 7) is 32.3. The highest BCUT2D eigenvalue weighted by atomic mass is 14.7. The van der Waals surface area contributed by atoms with Gasteiger partial charge in [0.1, 0.15) is 0 Å². The molecule has 0 fully saturated rings. The minimum Gasteiger partial charge on any atom is -0.261 e.